The van der Waals surface area contributed by atoms with Crippen LogP contribution in [-0.2, 0) is 16.1 Å². The summed E-state index contributed by atoms with van der Waals surface area (Å²) in [7, 11) is 3.17. The number of amides is 2. The topological polar surface area (TPSA) is 58.6 Å². The summed E-state index contributed by atoms with van der Waals surface area (Å²) < 4.78 is 5.17. The van der Waals surface area contributed by atoms with Gasteiger partial charge in [0.2, 0.25) is 11.8 Å². The SMILES string of the molecule is CCC(=O)N(Cc1cccc(OC)c1)[C@H](C)C(=O)NC. The Hall–Kier alpha value is -2.04. The summed E-state index contributed by atoms with van der Waals surface area (Å²) in [6.07, 6.45) is 0.366. The zero-order valence-corrected chi connectivity index (χ0v) is 12.5. The van der Waals surface area contributed by atoms with E-state index in [0.29, 0.717) is 13.0 Å². The maximum absolute atomic E-state index is 12.0. The molecule has 1 aromatic rings. The number of hydrogen-bond acceptors (Lipinski definition) is 3. The molecule has 5 heteroatoms. The summed E-state index contributed by atoms with van der Waals surface area (Å²) in [6, 6.07) is 6.99. The standard InChI is InChI=1S/C15H22N2O3/c1-5-14(18)17(11(2)15(19)16-3)10-12-7-6-8-13(9-12)20-4/h6-9,11H,5,10H2,1-4H3,(H,16,19)/t11-/m1/s1. The molecule has 0 spiro atoms. The van der Waals surface area contributed by atoms with Gasteiger partial charge in [0.15, 0.2) is 0 Å². The van der Waals surface area contributed by atoms with Crippen LogP contribution in [0.4, 0.5) is 0 Å². The predicted molar refractivity (Wildman–Crippen MR) is 77.4 cm³/mol. The Balaban J connectivity index is 2.94. The van der Waals surface area contributed by atoms with E-state index in [1.54, 1.807) is 32.9 Å². The summed E-state index contributed by atoms with van der Waals surface area (Å²) in [5, 5.41) is 2.57. The quantitative estimate of drug-likeness (QED) is 0.859. The fraction of sp³-hybridized carbons (Fsp3) is 0.467. The van der Waals surface area contributed by atoms with Crippen molar-refractivity contribution in [1.82, 2.24) is 10.2 Å². The molecule has 1 aromatic carbocycles. The monoisotopic (exact) mass is 278 g/mol. The lowest BCUT2D eigenvalue weighted by molar-refractivity contribution is -0.140. The number of rotatable bonds is 6. The van der Waals surface area contributed by atoms with Gasteiger partial charge < -0.3 is 15.0 Å². The number of benzene rings is 1. The molecular weight excluding hydrogens is 256 g/mol. The summed E-state index contributed by atoms with van der Waals surface area (Å²) in [4.78, 5) is 25.4. The van der Waals surface area contributed by atoms with Gasteiger partial charge in [-0.2, -0.15) is 0 Å². The second-order valence-electron chi connectivity index (χ2n) is 4.52. The van der Waals surface area contributed by atoms with Crippen LogP contribution in [0.15, 0.2) is 24.3 Å². The lowest BCUT2D eigenvalue weighted by Crippen LogP contribution is -2.46. The van der Waals surface area contributed by atoms with Crippen LogP contribution in [0.3, 0.4) is 0 Å². The molecule has 0 saturated heterocycles. The molecule has 0 aliphatic heterocycles. The van der Waals surface area contributed by atoms with E-state index in [1.165, 1.54) is 0 Å². The maximum atomic E-state index is 12.0. The third-order valence-electron chi connectivity index (χ3n) is 3.20. The van der Waals surface area contributed by atoms with E-state index in [1.807, 2.05) is 24.3 Å². The van der Waals surface area contributed by atoms with Crippen LogP contribution in [-0.4, -0.2) is 36.9 Å². The second kappa shape index (κ2) is 7.53. The number of carbonyl (C=O) groups is 2. The third kappa shape index (κ3) is 3.98. The van der Waals surface area contributed by atoms with E-state index in [-0.39, 0.29) is 11.8 Å². The zero-order chi connectivity index (χ0) is 15.1. The highest BCUT2D eigenvalue weighted by Gasteiger charge is 2.24. The van der Waals surface area contributed by atoms with Gasteiger partial charge in [0.1, 0.15) is 11.8 Å². The Kier molecular flexibility index (Phi) is 6.03. The van der Waals surface area contributed by atoms with E-state index in [9.17, 15) is 9.59 Å². The van der Waals surface area contributed by atoms with Crippen molar-refractivity contribution in [2.45, 2.75) is 32.9 Å². The molecule has 1 rings (SSSR count). The van der Waals surface area contributed by atoms with Gasteiger partial charge >= 0.3 is 0 Å². The van der Waals surface area contributed by atoms with Gasteiger partial charge in [0, 0.05) is 20.0 Å². The van der Waals surface area contributed by atoms with E-state index >= 15 is 0 Å². The maximum Gasteiger partial charge on any atom is 0.242 e. The molecular formula is C15H22N2O3. The van der Waals surface area contributed by atoms with Crippen LogP contribution < -0.4 is 10.1 Å². The van der Waals surface area contributed by atoms with Crippen LogP contribution in [0.1, 0.15) is 25.8 Å². The Morgan fingerprint density at radius 1 is 1.40 bits per heavy atom. The third-order valence-corrected chi connectivity index (χ3v) is 3.20. The molecule has 1 atom stereocenters. The molecule has 0 unspecified atom stereocenters. The van der Waals surface area contributed by atoms with Crippen molar-refractivity contribution in [3.63, 3.8) is 0 Å². The van der Waals surface area contributed by atoms with Crippen molar-refractivity contribution in [3.8, 4) is 5.75 Å². The van der Waals surface area contributed by atoms with Crippen LogP contribution in [0.5, 0.6) is 5.75 Å². The van der Waals surface area contributed by atoms with E-state index in [0.717, 1.165) is 11.3 Å². The van der Waals surface area contributed by atoms with Crippen LogP contribution in [0.25, 0.3) is 0 Å². The normalized spacial score (nSPS) is 11.6. The van der Waals surface area contributed by atoms with Crippen molar-refractivity contribution in [2.24, 2.45) is 0 Å². The molecule has 0 saturated carbocycles. The highest BCUT2D eigenvalue weighted by atomic mass is 16.5. The van der Waals surface area contributed by atoms with Crippen molar-refractivity contribution < 1.29 is 14.3 Å². The molecule has 0 aliphatic carbocycles. The van der Waals surface area contributed by atoms with Crippen LogP contribution in [0.2, 0.25) is 0 Å². The lowest BCUT2D eigenvalue weighted by atomic mass is 10.1. The average molecular weight is 278 g/mol. The number of nitrogens with zero attached hydrogens (tertiary/aromatic N) is 1. The molecule has 110 valence electrons. The first kappa shape index (κ1) is 16.0. The summed E-state index contributed by atoms with van der Waals surface area (Å²) in [6.45, 7) is 3.91. The molecule has 0 fully saturated rings. The number of hydrogen-bond donors (Lipinski definition) is 1. The number of ether oxygens (including phenoxy) is 1. The number of nitrogens with one attached hydrogen (secondary N) is 1. The molecule has 0 radical (unpaired) electrons. The molecule has 0 aromatic heterocycles. The minimum atomic E-state index is -0.501. The van der Waals surface area contributed by atoms with Crippen molar-refractivity contribution >= 4 is 11.8 Å². The second-order valence-corrected chi connectivity index (χ2v) is 4.52. The minimum Gasteiger partial charge on any atom is -0.497 e. The van der Waals surface area contributed by atoms with Crippen molar-refractivity contribution in [2.75, 3.05) is 14.2 Å². The van der Waals surface area contributed by atoms with Gasteiger partial charge in [-0.3, -0.25) is 9.59 Å². The molecule has 20 heavy (non-hydrogen) atoms. The van der Waals surface area contributed by atoms with Crippen molar-refractivity contribution in [1.29, 1.82) is 0 Å². The van der Waals surface area contributed by atoms with E-state index in [2.05, 4.69) is 5.32 Å². The van der Waals surface area contributed by atoms with Gasteiger partial charge in [-0.1, -0.05) is 19.1 Å². The zero-order valence-electron chi connectivity index (χ0n) is 12.5. The molecule has 0 bridgehead atoms. The molecule has 2 amide bonds. The fourth-order valence-corrected chi connectivity index (χ4v) is 1.96. The van der Waals surface area contributed by atoms with Crippen LogP contribution >= 0.6 is 0 Å². The van der Waals surface area contributed by atoms with E-state index < -0.39 is 6.04 Å². The van der Waals surface area contributed by atoms with Gasteiger partial charge in [-0.15, -0.1) is 0 Å². The minimum absolute atomic E-state index is 0.0519. The van der Waals surface area contributed by atoms with Gasteiger partial charge in [-0.05, 0) is 24.6 Å². The molecule has 0 aliphatic rings. The first-order valence-electron chi connectivity index (χ1n) is 6.67. The first-order chi connectivity index (χ1) is 9.53. The van der Waals surface area contributed by atoms with E-state index in [4.69, 9.17) is 4.74 Å². The Morgan fingerprint density at radius 2 is 2.10 bits per heavy atom. The highest BCUT2D eigenvalue weighted by molar-refractivity contribution is 5.87. The smallest absolute Gasteiger partial charge is 0.242 e. The summed E-state index contributed by atoms with van der Waals surface area (Å²) in [5.74, 6) is 0.512. The highest BCUT2D eigenvalue weighted by Crippen LogP contribution is 2.16. The van der Waals surface area contributed by atoms with Gasteiger partial charge in [-0.25, -0.2) is 0 Å². The average Bonchev–Trinajstić information content (AvgIpc) is 2.50. The molecule has 0 heterocycles. The Bertz CT molecular complexity index is 474. The first-order valence-corrected chi connectivity index (χ1v) is 6.67. The van der Waals surface area contributed by atoms with Crippen molar-refractivity contribution in [3.05, 3.63) is 29.8 Å². The lowest BCUT2D eigenvalue weighted by Gasteiger charge is -2.28. The fourth-order valence-electron chi connectivity index (χ4n) is 1.96. The number of likely N-dealkylation sites (N-methyl/N-ethyl adjacent to an activating group) is 1. The number of carbonyl (C=O) groups excluding carboxylic acids is 2. The van der Waals surface area contributed by atoms with Gasteiger partial charge in [0.25, 0.3) is 0 Å². The Labute approximate surface area is 119 Å². The molecule has 5 nitrogen and oxygen atoms in total. The molecule has 1 N–H and O–H groups in total. The number of methoxy groups -OCH3 is 1. The largest absolute Gasteiger partial charge is 0.497 e. The predicted octanol–water partition coefficient (Wildman–Crippen LogP) is 1.57. The van der Waals surface area contributed by atoms with Gasteiger partial charge in [0.05, 0.1) is 7.11 Å². The van der Waals surface area contributed by atoms with Crippen LogP contribution in [0, 0.1) is 0 Å². The summed E-state index contributed by atoms with van der Waals surface area (Å²) in [5.41, 5.74) is 0.932. The summed E-state index contributed by atoms with van der Waals surface area (Å²) >= 11 is 0. The Morgan fingerprint density at radius 3 is 2.65 bits per heavy atom.